The molecule has 1 saturated carbocycles. The van der Waals surface area contributed by atoms with Gasteiger partial charge in [0.15, 0.2) is 0 Å². The summed E-state index contributed by atoms with van der Waals surface area (Å²) in [6, 6.07) is 4.29. The Morgan fingerprint density at radius 2 is 2.24 bits per heavy atom. The average molecular weight is 289 g/mol. The molecule has 0 radical (unpaired) electrons. The highest BCUT2D eigenvalue weighted by Gasteiger charge is 2.26. The third-order valence-electron chi connectivity index (χ3n) is 3.02. The summed E-state index contributed by atoms with van der Waals surface area (Å²) in [7, 11) is 0. The minimum Gasteiger partial charge on any atom is -0.393 e. The van der Waals surface area contributed by atoms with Crippen molar-refractivity contribution in [2.45, 2.75) is 18.9 Å². The van der Waals surface area contributed by atoms with E-state index in [1.165, 1.54) is 18.2 Å². The van der Waals surface area contributed by atoms with Crippen molar-refractivity contribution in [2.24, 2.45) is 0 Å². The molecule has 1 fully saturated rings. The zero-order valence-electron chi connectivity index (χ0n) is 10.8. The van der Waals surface area contributed by atoms with E-state index in [9.17, 15) is 14.9 Å². The molecule has 0 atom stereocenters. The first-order valence-corrected chi connectivity index (χ1v) is 6.23. The summed E-state index contributed by atoms with van der Waals surface area (Å²) in [6.45, 7) is 0. The Hall–Kier alpha value is -2.97. The van der Waals surface area contributed by atoms with Crippen LogP contribution in [-0.4, -0.2) is 27.0 Å². The number of nitrogens with zero attached hydrogens (tertiary/aromatic N) is 3. The Kier molecular flexibility index (Phi) is 3.01. The normalized spacial score (nSPS) is 13.9. The number of carbonyl (C=O) groups excluding carboxylic acids is 1. The lowest BCUT2D eigenvalue weighted by molar-refractivity contribution is -0.383. The van der Waals surface area contributed by atoms with E-state index in [-0.39, 0.29) is 29.1 Å². The molecule has 108 valence electrons. The van der Waals surface area contributed by atoms with Crippen LogP contribution < -0.4 is 11.1 Å². The summed E-state index contributed by atoms with van der Waals surface area (Å²) in [5.41, 5.74) is 5.62. The number of amides is 1. The van der Waals surface area contributed by atoms with E-state index in [2.05, 4.69) is 15.5 Å². The highest BCUT2D eigenvalue weighted by molar-refractivity contribution is 5.91. The van der Waals surface area contributed by atoms with E-state index in [0.717, 1.165) is 12.8 Å². The first kappa shape index (κ1) is 13.0. The first-order chi connectivity index (χ1) is 10.0. The lowest BCUT2D eigenvalue weighted by Crippen LogP contribution is -2.26. The fourth-order valence-electron chi connectivity index (χ4n) is 1.75. The predicted molar refractivity (Wildman–Crippen MR) is 71.3 cm³/mol. The van der Waals surface area contributed by atoms with Crippen LogP contribution in [-0.2, 0) is 0 Å². The second-order valence-corrected chi connectivity index (χ2v) is 4.70. The van der Waals surface area contributed by atoms with Crippen molar-refractivity contribution in [2.75, 3.05) is 5.73 Å². The lowest BCUT2D eigenvalue weighted by Gasteiger charge is -1.98. The Morgan fingerprint density at radius 1 is 1.48 bits per heavy atom. The van der Waals surface area contributed by atoms with Crippen LogP contribution in [0.4, 0.5) is 11.4 Å². The molecule has 3 N–H and O–H groups in total. The number of nitrogens with one attached hydrogen (secondary N) is 1. The van der Waals surface area contributed by atoms with E-state index in [1.807, 2.05) is 0 Å². The molecule has 1 aromatic carbocycles. The second kappa shape index (κ2) is 4.85. The molecule has 0 aliphatic heterocycles. The number of nitrogens with two attached hydrogens (primary N) is 1. The molecular weight excluding hydrogens is 278 g/mol. The molecule has 0 unspecified atom stereocenters. The Balaban J connectivity index is 1.87. The molecule has 1 aliphatic carbocycles. The van der Waals surface area contributed by atoms with Gasteiger partial charge in [-0.1, -0.05) is 5.16 Å². The fraction of sp³-hybridized carbons (Fsp3) is 0.250. The van der Waals surface area contributed by atoms with Gasteiger partial charge in [0.1, 0.15) is 5.69 Å². The molecule has 0 saturated heterocycles. The molecule has 1 amide bonds. The van der Waals surface area contributed by atoms with E-state index < -0.39 is 10.8 Å². The summed E-state index contributed by atoms with van der Waals surface area (Å²) < 4.78 is 4.96. The largest absolute Gasteiger partial charge is 0.393 e. The minimum absolute atomic E-state index is 0.0269. The van der Waals surface area contributed by atoms with Gasteiger partial charge >= 0.3 is 0 Å². The smallest absolute Gasteiger partial charge is 0.292 e. The van der Waals surface area contributed by atoms with Gasteiger partial charge < -0.3 is 15.6 Å². The average Bonchev–Trinajstić information content (AvgIpc) is 3.12. The Labute approximate surface area is 118 Å². The van der Waals surface area contributed by atoms with Crippen molar-refractivity contribution < 1.29 is 14.2 Å². The maximum atomic E-state index is 11.7. The highest BCUT2D eigenvalue weighted by Crippen LogP contribution is 2.27. The van der Waals surface area contributed by atoms with Crippen LogP contribution in [0.2, 0.25) is 0 Å². The molecule has 1 heterocycles. The summed E-state index contributed by atoms with van der Waals surface area (Å²) in [5, 5.41) is 17.1. The minimum atomic E-state index is -0.601. The van der Waals surface area contributed by atoms with Crippen LogP contribution in [0.5, 0.6) is 0 Å². The van der Waals surface area contributed by atoms with Crippen molar-refractivity contribution in [3.05, 3.63) is 34.1 Å². The van der Waals surface area contributed by atoms with Gasteiger partial charge in [-0.25, -0.2) is 0 Å². The monoisotopic (exact) mass is 289 g/mol. The zero-order valence-corrected chi connectivity index (χ0v) is 10.8. The standard InChI is InChI=1S/C12H11N5O4/c13-8-4-1-6(5-9(8)17(19)20)12-15-10(16-21-12)11(18)14-7-2-3-7/h1,4-5,7H,2-3,13H2,(H,14,18). The van der Waals surface area contributed by atoms with Gasteiger partial charge in [-0.05, 0) is 25.0 Å². The molecule has 1 aromatic heterocycles. The van der Waals surface area contributed by atoms with Crippen LogP contribution in [0.15, 0.2) is 22.7 Å². The number of nitrogen functional groups attached to an aromatic ring is 1. The predicted octanol–water partition coefficient (Wildman–Crippen LogP) is 1.12. The number of hydrogen-bond donors (Lipinski definition) is 2. The van der Waals surface area contributed by atoms with Crippen LogP contribution in [0.25, 0.3) is 11.5 Å². The van der Waals surface area contributed by atoms with Gasteiger partial charge in [-0.2, -0.15) is 4.98 Å². The SMILES string of the molecule is Nc1ccc(-c2nc(C(=O)NC3CC3)no2)cc1[N+](=O)[O-]. The van der Waals surface area contributed by atoms with Crippen LogP contribution in [0.3, 0.4) is 0 Å². The molecule has 21 heavy (non-hydrogen) atoms. The maximum absolute atomic E-state index is 11.7. The van der Waals surface area contributed by atoms with Gasteiger partial charge in [0.05, 0.1) is 4.92 Å². The molecule has 3 rings (SSSR count). The quantitative estimate of drug-likeness (QED) is 0.488. The highest BCUT2D eigenvalue weighted by atomic mass is 16.6. The number of aromatic nitrogens is 2. The number of nitro benzene ring substituents is 1. The Bertz CT molecular complexity index is 722. The van der Waals surface area contributed by atoms with Gasteiger partial charge in [0, 0.05) is 17.7 Å². The van der Waals surface area contributed by atoms with E-state index in [4.69, 9.17) is 10.3 Å². The summed E-state index contributed by atoms with van der Waals surface area (Å²) in [5.74, 6) is -0.493. The summed E-state index contributed by atoms with van der Waals surface area (Å²) in [4.78, 5) is 25.9. The third-order valence-corrected chi connectivity index (χ3v) is 3.02. The molecule has 0 spiro atoms. The van der Waals surface area contributed by atoms with Crippen molar-refractivity contribution in [1.82, 2.24) is 15.5 Å². The van der Waals surface area contributed by atoms with Gasteiger partial charge in [0.2, 0.25) is 0 Å². The van der Waals surface area contributed by atoms with Crippen LogP contribution in [0, 0.1) is 10.1 Å². The molecule has 1 aliphatic rings. The van der Waals surface area contributed by atoms with Crippen LogP contribution in [0.1, 0.15) is 23.5 Å². The Morgan fingerprint density at radius 3 is 2.90 bits per heavy atom. The first-order valence-electron chi connectivity index (χ1n) is 6.23. The lowest BCUT2D eigenvalue weighted by atomic mass is 10.2. The van der Waals surface area contributed by atoms with Crippen molar-refractivity contribution in [3.8, 4) is 11.5 Å². The topological polar surface area (TPSA) is 137 Å². The van der Waals surface area contributed by atoms with Gasteiger partial charge in [-0.3, -0.25) is 14.9 Å². The van der Waals surface area contributed by atoms with Crippen molar-refractivity contribution in [3.63, 3.8) is 0 Å². The maximum Gasteiger partial charge on any atom is 0.292 e. The number of anilines is 1. The van der Waals surface area contributed by atoms with Crippen molar-refractivity contribution in [1.29, 1.82) is 0 Å². The second-order valence-electron chi connectivity index (χ2n) is 4.70. The summed E-state index contributed by atoms with van der Waals surface area (Å²) >= 11 is 0. The molecule has 2 aromatic rings. The number of nitro groups is 1. The van der Waals surface area contributed by atoms with Crippen molar-refractivity contribution >= 4 is 17.3 Å². The molecule has 9 nitrogen and oxygen atoms in total. The summed E-state index contributed by atoms with van der Waals surface area (Å²) in [6.07, 6.45) is 1.89. The number of benzene rings is 1. The number of carbonyl (C=O) groups is 1. The molecule has 0 bridgehead atoms. The molecule has 9 heteroatoms. The van der Waals surface area contributed by atoms with Crippen LogP contribution >= 0.6 is 0 Å². The third kappa shape index (κ3) is 2.66. The number of hydrogen-bond acceptors (Lipinski definition) is 7. The van der Waals surface area contributed by atoms with E-state index in [0.29, 0.717) is 5.56 Å². The van der Waals surface area contributed by atoms with E-state index in [1.54, 1.807) is 0 Å². The zero-order chi connectivity index (χ0) is 15.0. The van der Waals surface area contributed by atoms with Gasteiger partial charge in [-0.15, -0.1) is 0 Å². The van der Waals surface area contributed by atoms with E-state index >= 15 is 0 Å². The van der Waals surface area contributed by atoms with Gasteiger partial charge in [0.25, 0.3) is 23.3 Å². The molecular formula is C12H11N5O4. The number of rotatable bonds is 4. The fourth-order valence-corrected chi connectivity index (χ4v) is 1.75.